The van der Waals surface area contributed by atoms with Crippen LogP contribution in [0.15, 0.2) is 0 Å². The molecule has 7 heteroatoms. The van der Waals surface area contributed by atoms with Crippen LogP contribution in [0.2, 0.25) is 0 Å². The van der Waals surface area contributed by atoms with E-state index in [-0.39, 0.29) is 26.7 Å². The molecule has 0 saturated heterocycles. The van der Waals surface area contributed by atoms with Crippen LogP contribution in [-0.4, -0.2) is 62.8 Å². The molecular formula is C6H12O6Pd. The Bertz CT molecular complexity index is 143. The van der Waals surface area contributed by atoms with Gasteiger partial charge in [0.25, 0.3) is 0 Å². The third-order valence-corrected chi connectivity index (χ3v) is 1.42. The number of rotatable bonds is 5. The molecular weight excluding hydrogens is 274 g/mol. The van der Waals surface area contributed by atoms with E-state index in [1.807, 2.05) is 0 Å². The van der Waals surface area contributed by atoms with Gasteiger partial charge in [-0.3, -0.25) is 0 Å². The van der Waals surface area contributed by atoms with Crippen LogP contribution in [0, 0.1) is 0 Å². The summed E-state index contributed by atoms with van der Waals surface area (Å²) in [5.74, 6) is 0. The van der Waals surface area contributed by atoms with Gasteiger partial charge in [-0.2, -0.15) is 0 Å². The van der Waals surface area contributed by atoms with E-state index >= 15 is 0 Å². The van der Waals surface area contributed by atoms with Gasteiger partial charge in [-0.05, 0) is 0 Å². The van der Waals surface area contributed by atoms with Gasteiger partial charge < -0.3 is 30.3 Å². The molecule has 82 valence electrons. The number of carbonyl (C=O) groups is 1. The predicted molar refractivity (Wildman–Crippen MR) is 37.2 cm³/mol. The molecule has 0 saturated carbocycles. The fraction of sp³-hybridized carbons (Fsp3) is 0.833. The van der Waals surface area contributed by atoms with Crippen molar-refractivity contribution in [2.75, 3.05) is 6.61 Å². The van der Waals surface area contributed by atoms with Crippen LogP contribution in [0.25, 0.3) is 0 Å². The van der Waals surface area contributed by atoms with Crippen LogP contribution < -0.4 is 0 Å². The summed E-state index contributed by atoms with van der Waals surface area (Å²) in [4.78, 5) is 9.90. The molecule has 0 radical (unpaired) electrons. The largest absolute Gasteiger partial charge is 0.394 e. The van der Waals surface area contributed by atoms with Gasteiger partial charge >= 0.3 is 0 Å². The van der Waals surface area contributed by atoms with Gasteiger partial charge in [-0.15, -0.1) is 0 Å². The molecule has 13 heavy (non-hydrogen) atoms. The number of hydrogen-bond acceptors (Lipinski definition) is 6. The van der Waals surface area contributed by atoms with Crippen LogP contribution in [-0.2, 0) is 25.2 Å². The molecule has 0 aromatic rings. The summed E-state index contributed by atoms with van der Waals surface area (Å²) in [5.41, 5.74) is 0. The number of aliphatic hydroxyl groups is 5. The zero-order valence-corrected chi connectivity index (χ0v) is 8.11. The molecule has 0 bridgehead atoms. The van der Waals surface area contributed by atoms with Crippen LogP contribution in [0.4, 0.5) is 0 Å². The Labute approximate surface area is 88.5 Å². The maximum absolute atomic E-state index is 9.90. The fourth-order valence-corrected chi connectivity index (χ4v) is 0.618. The summed E-state index contributed by atoms with van der Waals surface area (Å²) in [6.45, 7) is -0.760. The first-order chi connectivity index (χ1) is 5.54. The standard InChI is InChI=1S/C6H12O6.Pd/c7-1-3(9)5(11)6(12)4(10)2-8;/h1,3-6,8-12H,2H2;. The summed E-state index contributed by atoms with van der Waals surface area (Å²) >= 11 is 0. The summed E-state index contributed by atoms with van der Waals surface area (Å²) in [6, 6.07) is 0. The number of carbonyl (C=O) groups excluding carboxylic acids is 1. The van der Waals surface area contributed by atoms with Crippen molar-refractivity contribution in [3.8, 4) is 0 Å². The van der Waals surface area contributed by atoms with Crippen molar-refractivity contribution in [3.05, 3.63) is 0 Å². The van der Waals surface area contributed by atoms with Gasteiger partial charge in [0, 0.05) is 20.4 Å². The minimum atomic E-state index is -1.79. The van der Waals surface area contributed by atoms with Gasteiger partial charge in [0.05, 0.1) is 6.61 Å². The molecule has 0 aliphatic carbocycles. The number of aliphatic hydroxyl groups excluding tert-OH is 5. The predicted octanol–water partition coefficient (Wildman–Crippen LogP) is -3.38. The molecule has 0 rings (SSSR count). The summed E-state index contributed by atoms with van der Waals surface area (Å²) in [7, 11) is 0. The van der Waals surface area contributed by atoms with E-state index in [1.54, 1.807) is 0 Å². The molecule has 0 fully saturated rings. The molecule has 0 aliphatic rings. The Morgan fingerprint density at radius 1 is 1.08 bits per heavy atom. The molecule has 0 heterocycles. The molecule has 0 amide bonds. The van der Waals surface area contributed by atoms with Gasteiger partial charge in [0.1, 0.15) is 24.4 Å². The summed E-state index contributed by atoms with van der Waals surface area (Å²) in [6.07, 6.45) is -6.84. The molecule has 0 spiro atoms. The molecule has 4 unspecified atom stereocenters. The van der Waals surface area contributed by atoms with Gasteiger partial charge in [-0.1, -0.05) is 0 Å². The molecule has 0 aliphatic heterocycles. The maximum atomic E-state index is 9.90. The molecule has 5 N–H and O–H groups in total. The average Bonchev–Trinajstić information content (AvgIpc) is 2.12. The molecule has 4 atom stereocenters. The van der Waals surface area contributed by atoms with Crippen molar-refractivity contribution in [3.63, 3.8) is 0 Å². The van der Waals surface area contributed by atoms with E-state index in [9.17, 15) is 4.79 Å². The Morgan fingerprint density at radius 2 is 1.54 bits per heavy atom. The molecule has 0 aromatic heterocycles. The van der Waals surface area contributed by atoms with E-state index in [4.69, 9.17) is 25.5 Å². The van der Waals surface area contributed by atoms with Crippen LogP contribution in [0.5, 0.6) is 0 Å². The minimum Gasteiger partial charge on any atom is -0.394 e. The van der Waals surface area contributed by atoms with Crippen molar-refractivity contribution in [1.82, 2.24) is 0 Å². The third-order valence-electron chi connectivity index (χ3n) is 1.42. The second-order valence-electron chi connectivity index (χ2n) is 2.36. The SMILES string of the molecule is O=CC(O)C(O)C(O)C(O)CO.[Pd]. The summed E-state index contributed by atoms with van der Waals surface area (Å²) < 4.78 is 0. The normalized spacial score (nSPS) is 19.5. The Kier molecular flexibility index (Phi) is 9.03. The Hall–Kier alpha value is 0.132. The first kappa shape index (κ1) is 15.6. The Morgan fingerprint density at radius 3 is 1.85 bits per heavy atom. The van der Waals surface area contributed by atoms with Gasteiger partial charge in [0.15, 0.2) is 6.29 Å². The van der Waals surface area contributed by atoms with Crippen molar-refractivity contribution in [2.45, 2.75) is 24.4 Å². The van der Waals surface area contributed by atoms with Crippen LogP contribution in [0.1, 0.15) is 0 Å². The van der Waals surface area contributed by atoms with Crippen molar-refractivity contribution >= 4 is 6.29 Å². The Balaban J connectivity index is 0. The zero-order chi connectivity index (χ0) is 9.72. The maximum Gasteiger partial charge on any atom is 0.151 e. The molecule has 6 nitrogen and oxygen atoms in total. The fourth-order valence-electron chi connectivity index (χ4n) is 0.618. The monoisotopic (exact) mass is 286 g/mol. The zero-order valence-electron chi connectivity index (χ0n) is 6.55. The van der Waals surface area contributed by atoms with Gasteiger partial charge in [0.2, 0.25) is 0 Å². The number of aldehydes is 1. The van der Waals surface area contributed by atoms with Crippen LogP contribution >= 0.6 is 0 Å². The second-order valence-corrected chi connectivity index (χ2v) is 2.36. The van der Waals surface area contributed by atoms with Gasteiger partial charge in [-0.25, -0.2) is 0 Å². The molecule has 0 aromatic carbocycles. The van der Waals surface area contributed by atoms with E-state index in [0.717, 1.165) is 0 Å². The van der Waals surface area contributed by atoms with E-state index in [1.165, 1.54) is 0 Å². The van der Waals surface area contributed by atoms with Crippen molar-refractivity contribution in [1.29, 1.82) is 0 Å². The smallest absolute Gasteiger partial charge is 0.151 e. The average molecular weight is 287 g/mol. The third kappa shape index (κ3) is 4.79. The second kappa shape index (κ2) is 7.53. The van der Waals surface area contributed by atoms with Crippen LogP contribution in [0.3, 0.4) is 0 Å². The summed E-state index contributed by atoms with van der Waals surface area (Å²) in [5, 5.41) is 43.5. The minimum absolute atomic E-state index is 0. The van der Waals surface area contributed by atoms with Crippen molar-refractivity contribution < 1.29 is 50.7 Å². The van der Waals surface area contributed by atoms with Crippen molar-refractivity contribution in [2.24, 2.45) is 0 Å². The van der Waals surface area contributed by atoms with E-state index in [0.29, 0.717) is 0 Å². The van der Waals surface area contributed by atoms with E-state index in [2.05, 4.69) is 0 Å². The quantitative estimate of drug-likeness (QED) is 0.266. The first-order valence-corrected chi connectivity index (χ1v) is 3.33. The topological polar surface area (TPSA) is 118 Å². The first-order valence-electron chi connectivity index (χ1n) is 3.33. The van der Waals surface area contributed by atoms with E-state index < -0.39 is 31.0 Å². The number of hydrogen-bond donors (Lipinski definition) is 5.